The highest BCUT2D eigenvalue weighted by Crippen LogP contribution is 2.30. The Bertz CT molecular complexity index is 1000. The quantitative estimate of drug-likeness (QED) is 0.682. The number of hydrogen-bond acceptors (Lipinski definition) is 6. The first-order valence-corrected chi connectivity index (χ1v) is 10.1. The van der Waals surface area contributed by atoms with Crippen LogP contribution in [0.3, 0.4) is 0 Å². The summed E-state index contributed by atoms with van der Waals surface area (Å²) in [7, 11) is 1.67. The summed E-state index contributed by atoms with van der Waals surface area (Å²) in [5, 5.41) is 4.64. The van der Waals surface area contributed by atoms with Crippen molar-refractivity contribution in [1.29, 1.82) is 0 Å². The number of fused-ring (bicyclic) bond motifs is 1. The molecular formula is C23H27N5O. The third-order valence-corrected chi connectivity index (χ3v) is 5.56. The smallest absolute Gasteiger partial charge is 0.154 e. The van der Waals surface area contributed by atoms with Crippen LogP contribution in [0.4, 0.5) is 5.82 Å². The summed E-state index contributed by atoms with van der Waals surface area (Å²) in [6.45, 7) is 2.25. The van der Waals surface area contributed by atoms with Gasteiger partial charge in [-0.05, 0) is 67.2 Å². The molecule has 4 rings (SSSR count). The van der Waals surface area contributed by atoms with E-state index in [4.69, 9.17) is 20.4 Å². The second-order valence-electron chi connectivity index (χ2n) is 7.73. The predicted octanol–water partition coefficient (Wildman–Crippen LogP) is 4.13. The number of aromatic nitrogens is 3. The molecule has 3 aromatic rings. The van der Waals surface area contributed by atoms with Gasteiger partial charge in [0.25, 0.3) is 0 Å². The molecule has 6 heteroatoms. The number of rotatable bonds is 5. The van der Waals surface area contributed by atoms with Gasteiger partial charge >= 0.3 is 0 Å². The Labute approximate surface area is 171 Å². The van der Waals surface area contributed by atoms with E-state index in [0.29, 0.717) is 23.8 Å². The van der Waals surface area contributed by atoms with Crippen LogP contribution in [0, 0.1) is 5.92 Å². The van der Waals surface area contributed by atoms with Gasteiger partial charge in [-0.15, -0.1) is 0 Å². The Hall–Kier alpha value is -2.99. The molecule has 2 aromatic heterocycles. The van der Waals surface area contributed by atoms with Crippen LogP contribution in [-0.4, -0.2) is 34.1 Å². The normalized spacial score (nSPS) is 22.1. The minimum Gasteiger partial charge on any atom is -0.497 e. The van der Waals surface area contributed by atoms with Crippen molar-refractivity contribution in [2.24, 2.45) is 11.7 Å². The Balaban J connectivity index is 1.70. The van der Waals surface area contributed by atoms with Crippen LogP contribution < -0.4 is 15.8 Å². The van der Waals surface area contributed by atoms with E-state index in [9.17, 15) is 0 Å². The molecule has 0 radical (unpaired) electrons. The number of nitrogens with zero attached hydrogens (tertiary/aromatic N) is 3. The molecule has 0 aliphatic heterocycles. The summed E-state index contributed by atoms with van der Waals surface area (Å²) in [6.07, 6.45) is 10.6. The third-order valence-electron chi connectivity index (χ3n) is 5.56. The van der Waals surface area contributed by atoms with Crippen LogP contribution in [0.5, 0.6) is 5.75 Å². The van der Waals surface area contributed by atoms with Gasteiger partial charge in [-0.3, -0.25) is 4.98 Å². The lowest BCUT2D eigenvalue weighted by Crippen LogP contribution is -2.39. The highest BCUT2D eigenvalue weighted by atomic mass is 16.5. The standard InChI is InChI=1S/C23H27N5O/c1-15-12-17(24)6-8-20(15)27-23-19-13-18(29-2)7-9-21(19)26-22(28-23)10-5-16-4-3-11-25-14-16/h3-5,7,9-11,13-15,17,20H,6,8,12,24H2,1-2H3,(H,26,27,28)/t15-,17-,20+/m0/s1. The second kappa shape index (κ2) is 8.57. The van der Waals surface area contributed by atoms with Crippen LogP contribution in [0.1, 0.15) is 37.6 Å². The molecule has 0 bridgehead atoms. The maximum absolute atomic E-state index is 6.14. The minimum absolute atomic E-state index is 0.295. The lowest BCUT2D eigenvalue weighted by atomic mass is 9.83. The second-order valence-corrected chi connectivity index (χ2v) is 7.73. The number of nitrogens with two attached hydrogens (primary N) is 1. The average molecular weight is 390 g/mol. The number of benzene rings is 1. The Kier molecular flexibility index (Phi) is 5.71. The van der Waals surface area contributed by atoms with Crippen molar-refractivity contribution in [2.45, 2.75) is 38.3 Å². The van der Waals surface area contributed by atoms with E-state index in [0.717, 1.165) is 47.3 Å². The molecule has 1 aliphatic rings. The number of nitrogens with one attached hydrogen (secondary N) is 1. The third kappa shape index (κ3) is 4.54. The fourth-order valence-corrected chi connectivity index (χ4v) is 3.91. The lowest BCUT2D eigenvalue weighted by Gasteiger charge is -2.33. The molecule has 6 nitrogen and oxygen atoms in total. The van der Waals surface area contributed by atoms with Crippen LogP contribution in [0.15, 0.2) is 42.7 Å². The SMILES string of the molecule is COc1ccc2nc(C=Cc3cccnc3)nc(N[C@@H]3CC[C@H](N)C[C@@H]3C)c2c1. The predicted molar refractivity (Wildman–Crippen MR) is 118 cm³/mol. The van der Waals surface area contributed by atoms with Crippen molar-refractivity contribution in [3.63, 3.8) is 0 Å². The fraction of sp³-hybridized carbons (Fsp3) is 0.348. The molecule has 0 amide bonds. The maximum Gasteiger partial charge on any atom is 0.154 e. The largest absolute Gasteiger partial charge is 0.497 e. The summed E-state index contributed by atoms with van der Waals surface area (Å²) in [5.41, 5.74) is 8.04. The number of anilines is 1. The number of pyridine rings is 1. The van der Waals surface area contributed by atoms with Crippen molar-refractivity contribution >= 4 is 28.9 Å². The van der Waals surface area contributed by atoms with Crippen molar-refractivity contribution < 1.29 is 4.74 Å². The van der Waals surface area contributed by atoms with Crippen molar-refractivity contribution in [2.75, 3.05) is 12.4 Å². The van der Waals surface area contributed by atoms with Gasteiger partial charge in [-0.1, -0.05) is 13.0 Å². The van der Waals surface area contributed by atoms with Gasteiger partial charge in [0.05, 0.1) is 12.6 Å². The topological polar surface area (TPSA) is 86.0 Å². The van der Waals surface area contributed by atoms with Crippen molar-refractivity contribution in [3.05, 3.63) is 54.1 Å². The molecule has 0 saturated heterocycles. The molecule has 2 heterocycles. The molecule has 3 N–H and O–H groups in total. The van der Waals surface area contributed by atoms with E-state index in [1.54, 1.807) is 13.3 Å². The van der Waals surface area contributed by atoms with Gasteiger partial charge < -0.3 is 15.8 Å². The van der Waals surface area contributed by atoms with Crippen molar-refractivity contribution in [3.8, 4) is 5.75 Å². The van der Waals surface area contributed by atoms with Crippen LogP contribution in [-0.2, 0) is 0 Å². The summed E-state index contributed by atoms with van der Waals surface area (Å²) >= 11 is 0. The summed E-state index contributed by atoms with van der Waals surface area (Å²) in [4.78, 5) is 13.7. The summed E-state index contributed by atoms with van der Waals surface area (Å²) in [6, 6.07) is 10.4. The number of methoxy groups -OCH3 is 1. The summed E-state index contributed by atoms with van der Waals surface area (Å²) < 4.78 is 5.42. The molecular weight excluding hydrogens is 362 g/mol. The molecule has 1 aliphatic carbocycles. The molecule has 3 atom stereocenters. The average Bonchev–Trinajstić information content (AvgIpc) is 2.74. The Morgan fingerprint density at radius 3 is 2.83 bits per heavy atom. The van der Waals surface area contributed by atoms with E-state index < -0.39 is 0 Å². The zero-order valence-corrected chi connectivity index (χ0v) is 16.9. The van der Waals surface area contributed by atoms with Gasteiger partial charge in [-0.25, -0.2) is 9.97 Å². The van der Waals surface area contributed by atoms with Crippen LogP contribution in [0.2, 0.25) is 0 Å². The minimum atomic E-state index is 0.295. The highest BCUT2D eigenvalue weighted by Gasteiger charge is 2.26. The highest BCUT2D eigenvalue weighted by molar-refractivity contribution is 5.91. The van der Waals surface area contributed by atoms with E-state index in [2.05, 4.69) is 17.2 Å². The zero-order chi connectivity index (χ0) is 20.2. The van der Waals surface area contributed by atoms with Crippen molar-refractivity contribution in [1.82, 2.24) is 15.0 Å². The number of hydrogen-bond donors (Lipinski definition) is 2. The molecule has 150 valence electrons. The maximum atomic E-state index is 6.14. The first kappa shape index (κ1) is 19.3. The van der Waals surface area contributed by atoms with Gasteiger partial charge in [0.2, 0.25) is 0 Å². The van der Waals surface area contributed by atoms with Gasteiger partial charge in [-0.2, -0.15) is 0 Å². The van der Waals surface area contributed by atoms with Gasteiger partial charge in [0.1, 0.15) is 11.6 Å². The lowest BCUT2D eigenvalue weighted by molar-refractivity contribution is 0.314. The Morgan fingerprint density at radius 1 is 1.17 bits per heavy atom. The molecule has 1 saturated carbocycles. The number of ether oxygens (including phenoxy) is 1. The van der Waals surface area contributed by atoms with Crippen LogP contribution >= 0.6 is 0 Å². The molecule has 29 heavy (non-hydrogen) atoms. The van der Waals surface area contributed by atoms with Gasteiger partial charge in [0, 0.05) is 29.9 Å². The first-order valence-electron chi connectivity index (χ1n) is 10.1. The zero-order valence-electron chi connectivity index (χ0n) is 16.9. The fourth-order valence-electron chi connectivity index (χ4n) is 3.91. The summed E-state index contributed by atoms with van der Waals surface area (Å²) in [5.74, 6) is 2.78. The van der Waals surface area contributed by atoms with E-state index in [-0.39, 0.29) is 0 Å². The van der Waals surface area contributed by atoms with Crippen LogP contribution in [0.25, 0.3) is 23.1 Å². The molecule has 0 spiro atoms. The molecule has 1 fully saturated rings. The van der Waals surface area contributed by atoms with E-state index in [1.165, 1.54) is 0 Å². The first-order chi connectivity index (χ1) is 14.1. The van der Waals surface area contributed by atoms with E-state index >= 15 is 0 Å². The Morgan fingerprint density at radius 2 is 2.07 bits per heavy atom. The molecule has 0 unspecified atom stereocenters. The monoisotopic (exact) mass is 389 g/mol. The van der Waals surface area contributed by atoms with Gasteiger partial charge in [0.15, 0.2) is 5.82 Å². The van der Waals surface area contributed by atoms with E-state index in [1.807, 2.05) is 48.7 Å². The molecule has 1 aromatic carbocycles.